The molecule has 0 fully saturated rings. The van der Waals surface area contributed by atoms with Crippen LogP contribution in [0.25, 0.3) is 22.4 Å². The molecule has 0 saturated carbocycles. The van der Waals surface area contributed by atoms with Gasteiger partial charge in [0.1, 0.15) is 41.1 Å². The summed E-state index contributed by atoms with van der Waals surface area (Å²) in [5.41, 5.74) is 3.08. The summed E-state index contributed by atoms with van der Waals surface area (Å²) < 4.78 is 33.1. The third-order valence-corrected chi connectivity index (χ3v) is 5.34. The van der Waals surface area contributed by atoms with Gasteiger partial charge in [-0.3, -0.25) is 10.1 Å². The van der Waals surface area contributed by atoms with Crippen molar-refractivity contribution in [2.45, 2.75) is 0 Å². The first kappa shape index (κ1) is 26.6. The van der Waals surface area contributed by atoms with Crippen LogP contribution in [0.4, 0.5) is 36.5 Å². The van der Waals surface area contributed by atoms with E-state index >= 15 is 0 Å². The highest BCUT2D eigenvalue weighted by molar-refractivity contribution is 5.91. The Morgan fingerprint density at radius 1 is 1.05 bits per heavy atom. The number of pyridine rings is 1. The van der Waals surface area contributed by atoms with Crippen molar-refractivity contribution in [3.63, 3.8) is 0 Å². The number of imidazole rings is 1. The van der Waals surface area contributed by atoms with Crippen LogP contribution < -0.4 is 16.0 Å². The van der Waals surface area contributed by atoms with Gasteiger partial charge in [-0.2, -0.15) is 0 Å². The zero-order chi connectivity index (χ0) is 27.8. The quantitative estimate of drug-likeness (QED) is 0.218. The zero-order valence-corrected chi connectivity index (χ0v) is 20.7. The summed E-state index contributed by atoms with van der Waals surface area (Å²) in [7, 11) is 2.83. The lowest BCUT2D eigenvalue weighted by Gasteiger charge is -2.14. The third-order valence-electron chi connectivity index (χ3n) is 5.34. The highest BCUT2D eigenvalue weighted by Gasteiger charge is 2.18. The fourth-order valence-electron chi connectivity index (χ4n) is 3.50. The Morgan fingerprint density at radius 3 is 2.67 bits per heavy atom. The number of hydrogen-bond acceptors (Lipinski definition) is 9. The van der Waals surface area contributed by atoms with Gasteiger partial charge in [0.2, 0.25) is 0 Å². The number of hydrogen-bond donors (Lipinski definition) is 4. The molecular weight excluding hydrogens is 510 g/mol. The summed E-state index contributed by atoms with van der Waals surface area (Å²) >= 11 is 0. The van der Waals surface area contributed by atoms with E-state index in [2.05, 4.69) is 45.6 Å². The van der Waals surface area contributed by atoms with Gasteiger partial charge in [-0.25, -0.2) is 33.5 Å². The second-order valence-electron chi connectivity index (χ2n) is 7.74. The van der Waals surface area contributed by atoms with E-state index < -0.39 is 17.7 Å². The van der Waals surface area contributed by atoms with Gasteiger partial charge in [-0.15, -0.1) is 0 Å². The average Bonchev–Trinajstić information content (AvgIpc) is 3.45. The van der Waals surface area contributed by atoms with E-state index in [0.717, 1.165) is 0 Å². The van der Waals surface area contributed by atoms with Crippen molar-refractivity contribution in [2.24, 2.45) is 0 Å². The molecule has 0 aliphatic carbocycles. The molecule has 198 valence electrons. The number of methoxy groups -OCH3 is 1. The number of fused-ring (bicyclic) bond motifs is 1. The molecule has 3 aromatic heterocycles. The molecule has 0 aliphatic heterocycles. The summed E-state index contributed by atoms with van der Waals surface area (Å²) in [4.78, 5) is 40.7. The first-order valence-electron chi connectivity index (χ1n) is 11.4. The SMILES string of the molecule is CNc1ccc(F)c(Nc2ncccc2-c2ncnc3nc[nH]c23)c1F.COC(=O)Nc1cccc(C=O)c1. The standard InChI is InChI=1S/C17H13F2N7.C9H9NO3/c1-20-11-5-4-10(18)14(12(11)19)26-16-9(3-2-6-21-16)13-15-17(24-7-22-13)25-8-23-15;1-13-9(12)10-8-4-2-3-7(5-8)6-11/h2-8,20H,1H3,(H,21,26)(H,22,23,24,25);2-6H,1H3,(H,10,12). The Labute approximate surface area is 220 Å². The molecule has 11 nitrogen and oxygen atoms in total. The van der Waals surface area contributed by atoms with E-state index in [1.54, 1.807) is 43.4 Å². The highest BCUT2D eigenvalue weighted by atomic mass is 19.1. The molecule has 0 saturated heterocycles. The van der Waals surface area contributed by atoms with Crippen molar-refractivity contribution in [3.8, 4) is 11.3 Å². The first-order chi connectivity index (χ1) is 18.9. The molecule has 0 radical (unpaired) electrons. The van der Waals surface area contributed by atoms with E-state index in [4.69, 9.17) is 0 Å². The normalized spacial score (nSPS) is 10.3. The molecule has 0 aliphatic rings. The molecule has 1 amide bonds. The van der Waals surface area contributed by atoms with Crippen LogP contribution in [0.5, 0.6) is 0 Å². The lowest BCUT2D eigenvalue weighted by atomic mass is 10.1. The Kier molecular flexibility index (Phi) is 8.31. The van der Waals surface area contributed by atoms with Gasteiger partial charge in [0.05, 0.1) is 19.1 Å². The molecular formula is C26H22F2N8O3. The smallest absolute Gasteiger partial charge is 0.411 e. The number of carbonyl (C=O) groups excluding carboxylic acids is 2. The number of amides is 1. The number of halogens is 2. The van der Waals surface area contributed by atoms with Gasteiger partial charge in [-0.05, 0) is 36.4 Å². The fourth-order valence-corrected chi connectivity index (χ4v) is 3.50. The van der Waals surface area contributed by atoms with Crippen molar-refractivity contribution < 1.29 is 23.1 Å². The molecule has 3 heterocycles. The Bertz CT molecular complexity index is 1630. The molecule has 13 heteroatoms. The van der Waals surface area contributed by atoms with Crippen molar-refractivity contribution >= 4 is 46.4 Å². The summed E-state index contributed by atoms with van der Waals surface area (Å²) in [6.45, 7) is 0. The van der Waals surface area contributed by atoms with Crippen LogP contribution in [0.2, 0.25) is 0 Å². The first-order valence-corrected chi connectivity index (χ1v) is 11.4. The minimum Gasteiger partial charge on any atom is -0.453 e. The number of rotatable bonds is 6. The van der Waals surface area contributed by atoms with Gasteiger partial charge in [0.15, 0.2) is 11.5 Å². The predicted octanol–water partition coefficient (Wildman–Crippen LogP) is 5.16. The number of aromatic nitrogens is 5. The van der Waals surface area contributed by atoms with Gasteiger partial charge in [-0.1, -0.05) is 12.1 Å². The second-order valence-corrected chi connectivity index (χ2v) is 7.74. The van der Waals surface area contributed by atoms with E-state index in [1.165, 1.54) is 38.1 Å². The highest BCUT2D eigenvalue weighted by Crippen LogP contribution is 2.33. The summed E-state index contributed by atoms with van der Waals surface area (Å²) in [5, 5.41) is 7.87. The Hall–Kier alpha value is -5.46. The molecule has 5 rings (SSSR count). The van der Waals surface area contributed by atoms with E-state index in [0.29, 0.717) is 40.0 Å². The molecule has 0 spiro atoms. The van der Waals surface area contributed by atoms with Crippen LogP contribution in [0.15, 0.2) is 67.4 Å². The van der Waals surface area contributed by atoms with Gasteiger partial charge in [0, 0.05) is 30.1 Å². The minimum atomic E-state index is -0.738. The number of benzene rings is 2. The third kappa shape index (κ3) is 6.10. The summed E-state index contributed by atoms with van der Waals surface area (Å²) in [5.74, 6) is -1.21. The van der Waals surface area contributed by atoms with Crippen LogP contribution in [0.1, 0.15) is 10.4 Å². The number of ether oxygens (including phenoxy) is 1. The van der Waals surface area contributed by atoms with Crippen LogP contribution in [-0.2, 0) is 4.74 Å². The van der Waals surface area contributed by atoms with E-state index in [9.17, 15) is 18.4 Å². The number of aldehydes is 1. The topological polar surface area (TPSA) is 147 Å². The number of anilines is 4. The molecule has 2 aromatic carbocycles. The lowest BCUT2D eigenvalue weighted by molar-refractivity contribution is 0.112. The maximum absolute atomic E-state index is 14.5. The summed E-state index contributed by atoms with van der Waals surface area (Å²) in [6.07, 6.45) is 4.56. The van der Waals surface area contributed by atoms with Gasteiger partial charge in [0.25, 0.3) is 0 Å². The largest absolute Gasteiger partial charge is 0.453 e. The fraction of sp³-hybridized carbons (Fsp3) is 0.0769. The average molecular weight is 533 g/mol. The number of aromatic amines is 1. The molecule has 4 N–H and O–H groups in total. The van der Waals surface area contributed by atoms with Gasteiger partial charge >= 0.3 is 6.09 Å². The van der Waals surface area contributed by atoms with Gasteiger partial charge < -0.3 is 20.4 Å². The number of nitrogens with one attached hydrogen (secondary N) is 4. The van der Waals surface area contributed by atoms with Crippen molar-refractivity contribution in [3.05, 3.63) is 84.6 Å². The van der Waals surface area contributed by atoms with Crippen LogP contribution >= 0.6 is 0 Å². The lowest BCUT2D eigenvalue weighted by Crippen LogP contribution is -2.10. The zero-order valence-electron chi connectivity index (χ0n) is 20.7. The molecule has 0 bridgehead atoms. The molecule has 0 atom stereocenters. The maximum atomic E-state index is 14.5. The monoisotopic (exact) mass is 532 g/mol. The maximum Gasteiger partial charge on any atom is 0.411 e. The minimum absolute atomic E-state index is 0.171. The number of H-pyrrole nitrogens is 1. The van der Waals surface area contributed by atoms with Crippen LogP contribution in [0.3, 0.4) is 0 Å². The summed E-state index contributed by atoms with van der Waals surface area (Å²) in [6, 6.07) is 12.5. The number of nitrogens with zero attached hydrogens (tertiary/aromatic N) is 4. The molecule has 5 aromatic rings. The van der Waals surface area contributed by atoms with Crippen molar-refractivity contribution in [2.75, 3.05) is 30.1 Å². The van der Waals surface area contributed by atoms with E-state index in [1.807, 2.05) is 0 Å². The van der Waals surface area contributed by atoms with Crippen LogP contribution in [-0.4, -0.2) is 51.5 Å². The number of carbonyl (C=O) groups is 2. The van der Waals surface area contributed by atoms with Crippen molar-refractivity contribution in [1.82, 2.24) is 24.9 Å². The van der Waals surface area contributed by atoms with Crippen LogP contribution in [0, 0.1) is 11.6 Å². The van der Waals surface area contributed by atoms with E-state index in [-0.39, 0.29) is 17.2 Å². The van der Waals surface area contributed by atoms with Crippen molar-refractivity contribution in [1.29, 1.82) is 0 Å². The molecule has 39 heavy (non-hydrogen) atoms. The second kappa shape index (κ2) is 12.2. The Balaban J connectivity index is 0.000000229. The predicted molar refractivity (Wildman–Crippen MR) is 142 cm³/mol. The molecule has 0 unspecified atom stereocenters. The Morgan fingerprint density at radius 2 is 1.90 bits per heavy atom.